The quantitative estimate of drug-likeness (QED) is 0.743. The zero-order valence-corrected chi connectivity index (χ0v) is 16.1. The molecule has 0 aromatic heterocycles. The number of morpholine rings is 1. The van der Waals surface area contributed by atoms with Crippen LogP contribution in [0.15, 0.2) is 48.5 Å². The molecule has 2 amide bonds. The Hall–Kier alpha value is -2.86. The second-order valence-electron chi connectivity index (χ2n) is 6.67. The van der Waals surface area contributed by atoms with Gasteiger partial charge in [-0.2, -0.15) is 0 Å². The fraction of sp³-hybridized carbons (Fsp3) is 0.364. The molecule has 0 bridgehead atoms. The van der Waals surface area contributed by atoms with Crippen molar-refractivity contribution in [2.45, 2.75) is 19.8 Å². The van der Waals surface area contributed by atoms with Gasteiger partial charge in [0.05, 0.1) is 19.8 Å². The zero-order valence-electron chi connectivity index (χ0n) is 16.1. The fourth-order valence-corrected chi connectivity index (χ4v) is 2.94. The number of anilines is 1. The van der Waals surface area contributed by atoms with Crippen LogP contribution in [-0.2, 0) is 4.74 Å². The summed E-state index contributed by atoms with van der Waals surface area (Å²) in [4.78, 5) is 27.0. The molecule has 1 heterocycles. The van der Waals surface area contributed by atoms with Crippen molar-refractivity contribution in [1.82, 2.24) is 4.90 Å². The van der Waals surface area contributed by atoms with Gasteiger partial charge in [-0.1, -0.05) is 25.5 Å². The third-order valence-electron chi connectivity index (χ3n) is 4.53. The van der Waals surface area contributed by atoms with Gasteiger partial charge in [-0.3, -0.25) is 9.59 Å². The first-order chi connectivity index (χ1) is 13.7. The van der Waals surface area contributed by atoms with E-state index in [9.17, 15) is 9.59 Å². The lowest BCUT2D eigenvalue weighted by atomic mass is 10.1. The Labute approximate surface area is 165 Å². The molecule has 2 aromatic carbocycles. The van der Waals surface area contributed by atoms with Gasteiger partial charge in [0.15, 0.2) is 0 Å². The number of unbranched alkanes of at least 4 members (excludes halogenated alkanes) is 1. The Balaban J connectivity index is 1.65. The highest BCUT2D eigenvalue weighted by Gasteiger charge is 2.19. The summed E-state index contributed by atoms with van der Waals surface area (Å²) in [5.74, 6) is 0.389. The summed E-state index contributed by atoms with van der Waals surface area (Å²) in [7, 11) is 0. The first-order valence-electron chi connectivity index (χ1n) is 9.68. The van der Waals surface area contributed by atoms with Crippen LogP contribution >= 0.6 is 0 Å². The van der Waals surface area contributed by atoms with E-state index in [2.05, 4.69) is 12.2 Å². The molecule has 0 aliphatic carbocycles. The first-order valence-corrected chi connectivity index (χ1v) is 9.68. The molecule has 0 saturated carbocycles. The Morgan fingerprint density at radius 1 is 1.07 bits per heavy atom. The highest BCUT2D eigenvalue weighted by atomic mass is 16.5. The Kier molecular flexibility index (Phi) is 7.03. The largest absolute Gasteiger partial charge is 0.494 e. The highest BCUT2D eigenvalue weighted by molar-refractivity contribution is 6.05. The van der Waals surface area contributed by atoms with Gasteiger partial charge in [0.1, 0.15) is 5.75 Å². The molecule has 0 radical (unpaired) electrons. The molecular weight excluding hydrogens is 356 g/mol. The van der Waals surface area contributed by atoms with Gasteiger partial charge in [0.2, 0.25) is 0 Å². The molecule has 28 heavy (non-hydrogen) atoms. The van der Waals surface area contributed by atoms with Gasteiger partial charge < -0.3 is 19.7 Å². The summed E-state index contributed by atoms with van der Waals surface area (Å²) in [6.45, 7) is 5.01. The van der Waals surface area contributed by atoms with Gasteiger partial charge >= 0.3 is 0 Å². The monoisotopic (exact) mass is 382 g/mol. The SMILES string of the molecule is CCCCOc1cccc(C(=O)Nc2cccc(C(=O)N3CCOCC3)c2)c1. The number of hydrogen-bond acceptors (Lipinski definition) is 4. The number of benzene rings is 2. The summed E-state index contributed by atoms with van der Waals surface area (Å²) in [6, 6.07) is 14.1. The molecule has 1 saturated heterocycles. The lowest BCUT2D eigenvalue weighted by molar-refractivity contribution is 0.0303. The minimum atomic E-state index is -0.239. The molecule has 2 aromatic rings. The maximum absolute atomic E-state index is 12.6. The summed E-state index contributed by atoms with van der Waals surface area (Å²) in [5.41, 5.74) is 1.65. The Morgan fingerprint density at radius 2 is 1.82 bits per heavy atom. The van der Waals surface area contributed by atoms with E-state index in [1.165, 1.54) is 0 Å². The highest BCUT2D eigenvalue weighted by Crippen LogP contribution is 2.18. The number of amides is 2. The van der Waals surface area contributed by atoms with Crippen LogP contribution < -0.4 is 10.1 Å². The molecule has 1 aliphatic rings. The van der Waals surface area contributed by atoms with Crippen molar-refractivity contribution in [3.63, 3.8) is 0 Å². The predicted octanol–water partition coefficient (Wildman–Crippen LogP) is 3.59. The summed E-state index contributed by atoms with van der Waals surface area (Å²) >= 11 is 0. The fourth-order valence-electron chi connectivity index (χ4n) is 2.94. The molecular formula is C22H26N2O4. The van der Waals surface area contributed by atoms with E-state index in [4.69, 9.17) is 9.47 Å². The minimum absolute atomic E-state index is 0.0503. The van der Waals surface area contributed by atoms with Crippen LogP contribution in [0.1, 0.15) is 40.5 Å². The maximum Gasteiger partial charge on any atom is 0.255 e. The first kappa shape index (κ1) is 19.9. The lowest BCUT2D eigenvalue weighted by Gasteiger charge is -2.27. The van der Waals surface area contributed by atoms with Crippen LogP contribution in [0.2, 0.25) is 0 Å². The van der Waals surface area contributed by atoms with Gasteiger partial charge in [-0.15, -0.1) is 0 Å². The molecule has 1 aliphatic heterocycles. The lowest BCUT2D eigenvalue weighted by Crippen LogP contribution is -2.40. The van der Waals surface area contributed by atoms with Crippen LogP contribution in [0, 0.1) is 0 Å². The number of carbonyl (C=O) groups excluding carboxylic acids is 2. The number of nitrogens with one attached hydrogen (secondary N) is 1. The van der Waals surface area contributed by atoms with Crippen molar-refractivity contribution >= 4 is 17.5 Å². The van der Waals surface area contributed by atoms with Crippen LogP contribution in [0.3, 0.4) is 0 Å². The number of carbonyl (C=O) groups is 2. The summed E-state index contributed by atoms with van der Waals surface area (Å²) in [5, 5.41) is 2.86. The Morgan fingerprint density at radius 3 is 2.61 bits per heavy atom. The smallest absolute Gasteiger partial charge is 0.255 e. The average molecular weight is 382 g/mol. The summed E-state index contributed by atoms with van der Waals surface area (Å²) in [6.07, 6.45) is 2.03. The van der Waals surface area contributed by atoms with Gasteiger partial charge in [-0.25, -0.2) is 0 Å². The van der Waals surface area contributed by atoms with Crippen molar-refractivity contribution in [2.24, 2.45) is 0 Å². The zero-order chi connectivity index (χ0) is 19.8. The van der Waals surface area contributed by atoms with Crippen molar-refractivity contribution in [3.8, 4) is 5.75 Å². The Bertz CT molecular complexity index is 816. The number of ether oxygens (including phenoxy) is 2. The van der Waals surface area contributed by atoms with Crippen LogP contribution in [0.4, 0.5) is 5.69 Å². The molecule has 0 atom stereocenters. The van der Waals surface area contributed by atoms with Crippen LogP contribution in [0.5, 0.6) is 5.75 Å². The van der Waals surface area contributed by atoms with Crippen LogP contribution in [-0.4, -0.2) is 49.6 Å². The van der Waals surface area contributed by atoms with Crippen molar-refractivity contribution < 1.29 is 19.1 Å². The molecule has 0 spiro atoms. The molecule has 6 nitrogen and oxygen atoms in total. The van der Waals surface area contributed by atoms with E-state index in [-0.39, 0.29) is 11.8 Å². The third kappa shape index (κ3) is 5.33. The number of nitrogens with zero attached hydrogens (tertiary/aromatic N) is 1. The van der Waals surface area contributed by atoms with Gasteiger partial charge in [0.25, 0.3) is 11.8 Å². The molecule has 148 valence electrons. The summed E-state index contributed by atoms with van der Waals surface area (Å²) < 4.78 is 11.0. The molecule has 0 unspecified atom stereocenters. The second kappa shape index (κ2) is 9.90. The van der Waals surface area contributed by atoms with Gasteiger partial charge in [-0.05, 0) is 42.8 Å². The van der Waals surface area contributed by atoms with E-state index in [1.54, 1.807) is 47.4 Å². The van der Waals surface area contributed by atoms with E-state index >= 15 is 0 Å². The van der Waals surface area contributed by atoms with Crippen molar-refractivity contribution in [2.75, 3.05) is 38.2 Å². The maximum atomic E-state index is 12.6. The predicted molar refractivity (Wildman–Crippen MR) is 108 cm³/mol. The van der Waals surface area contributed by atoms with Crippen molar-refractivity contribution in [1.29, 1.82) is 0 Å². The van der Waals surface area contributed by atoms with Crippen LogP contribution in [0.25, 0.3) is 0 Å². The molecule has 1 N–H and O–H groups in total. The van der Waals surface area contributed by atoms with Gasteiger partial charge in [0, 0.05) is 29.9 Å². The van der Waals surface area contributed by atoms with E-state index < -0.39 is 0 Å². The normalized spacial score (nSPS) is 13.8. The number of rotatable bonds is 7. The van der Waals surface area contributed by atoms with Crippen molar-refractivity contribution in [3.05, 3.63) is 59.7 Å². The molecule has 3 rings (SSSR count). The van der Waals surface area contributed by atoms with E-state index in [1.807, 2.05) is 6.07 Å². The topological polar surface area (TPSA) is 67.9 Å². The van der Waals surface area contributed by atoms with E-state index in [0.29, 0.717) is 55.5 Å². The minimum Gasteiger partial charge on any atom is -0.494 e. The standard InChI is InChI=1S/C22H26N2O4/c1-2-3-12-28-20-9-5-6-17(16-20)21(25)23-19-8-4-7-18(15-19)22(26)24-10-13-27-14-11-24/h4-9,15-16H,2-3,10-14H2,1H3,(H,23,25). The molecule has 1 fully saturated rings. The second-order valence-corrected chi connectivity index (χ2v) is 6.67. The molecule has 6 heteroatoms. The third-order valence-corrected chi connectivity index (χ3v) is 4.53. The van der Waals surface area contributed by atoms with E-state index in [0.717, 1.165) is 12.8 Å². The average Bonchev–Trinajstić information content (AvgIpc) is 2.74. The number of hydrogen-bond donors (Lipinski definition) is 1.